The molecule has 0 aliphatic rings. The molecule has 0 aromatic heterocycles. The lowest BCUT2D eigenvalue weighted by Crippen LogP contribution is -2.41. The predicted octanol–water partition coefficient (Wildman–Crippen LogP) is 6.98. The van der Waals surface area contributed by atoms with Crippen molar-refractivity contribution in [2.45, 2.75) is 161 Å². The van der Waals surface area contributed by atoms with E-state index < -0.39 is 40.7 Å². The zero-order chi connectivity index (χ0) is 29.2. The van der Waals surface area contributed by atoms with Gasteiger partial charge in [0.1, 0.15) is 6.04 Å². The Bertz CT molecular complexity index is 742. The highest BCUT2D eigenvalue weighted by Gasteiger charge is 2.24. The van der Waals surface area contributed by atoms with Gasteiger partial charge in [-0.3, -0.25) is 9.59 Å². The van der Waals surface area contributed by atoms with Crippen molar-refractivity contribution in [1.82, 2.24) is 5.32 Å². The Kier molecular flexibility index (Phi) is 24.2. The Balaban J connectivity index is 4.00. The Morgan fingerprint density at radius 2 is 1.10 bits per heavy atom. The minimum atomic E-state index is -4.49. The van der Waals surface area contributed by atoms with Crippen LogP contribution < -0.4 is 5.32 Å². The maximum Gasteiger partial charge on any atom is 0.451 e. The second kappa shape index (κ2) is 25.3. The van der Waals surface area contributed by atoms with Crippen LogP contribution >= 0.6 is 0 Å². The molecular formula is C29H55NO8S. The van der Waals surface area contributed by atoms with E-state index in [4.69, 9.17) is 4.18 Å². The summed E-state index contributed by atoms with van der Waals surface area (Å²) in [4.78, 5) is 35.5. The maximum absolute atomic E-state index is 12.1. The maximum atomic E-state index is 12.1. The molecule has 0 rings (SSSR count). The van der Waals surface area contributed by atoms with Crippen LogP contribution in [0.25, 0.3) is 0 Å². The first-order valence-corrected chi connectivity index (χ1v) is 16.7. The van der Waals surface area contributed by atoms with Gasteiger partial charge in [0, 0.05) is 12.8 Å². The molecule has 1 amide bonds. The van der Waals surface area contributed by atoms with Crippen molar-refractivity contribution in [2.75, 3.05) is 6.61 Å². The number of nitrogens with one attached hydrogen (secondary N) is 1. The van der Waals surface area contributed by atoms with Crippen molar-refractivity contribution < 1.29 is 36.3 Å². The van der Waals surface area contributed by atoms with E-state index in [1.165, 1.54) is 70.6 Å². The lowest BCUT2D eigenvalue weighted by Gasteiger charge is -2.14. The van der Waals surface area contributed by atoms with Gasteiger partial charge in [0.2, 0.25) is 5.91 Å². The topological polar surface area (TPSA) is 136 Å². The van der Waals surface area contributed by atoms with Crippen LogP contribution in [-0.2, 0) is 33.1 Å². The summed E-state index contributed by atoms with van der Waals surface area (Å²) < 4.78 is 32.9. The number of aliphatic carboxylic acids is 1. The second-order valence-electron chi connectivity index (χ2n) is 10.4. The standard InChI is InChI=1S/C29H55NO8S/c1-3-5-7-9-11-13-15-17-19-21-25-37-39(35,36)38-28(32)24-23-26(29(33)34)30-27(31)22-20-18-16-14-12-10-8-6-4-2/h26H,3-25H2,1-2H3,(H,30,31)(H,33,34)/t26-/m0/s1. The zero-order valence-corrected chi connectivity index (χ0v) is 25.4. The van der Waals surface area contributed by atoms with Crippen LogP contribution in [0.3, 0.4) is 0 Å². The molecule has 0 saturated heterocycles. The minimum absolute atomic E-state index is 0.0707. The van der Waals surface area contributed by atoms with E-state index in [0.717, 1.165) is 38.5 Å². The summed E-state index contributed by atoms with van der Waals surface area (Å²) in [5.74, 6) is -2.80. The highest BCUT2D eigenvalue weighted by atomic mass is 32.3. The van der Waals surface area contributed by atoms with Crippen LogP contribution in [0.4, 0.5) is 0 Å². The molecule has 39 heavy (non-hydrogen) atoms. The van der Waals surface area contributed by atoms with Gasteiger partial charge >= 0.3 is 22.3 Å². The van der Waals surface area contributed by atoms with Gasteiger partial charge in [0.15, 0.2) is 0 Å². The highest BCUT2D eigenvalue weighted by molar-refractivity contribution is 7.82. The molecule has 0 saturated carbocycles. The zero-order valence-electron chi connectivity index (χ0n) is 24.6. The fourth-order valence-electron chi connectivity index (χ4n) is 4.31. The largest absolute Gasteiger partial charge is 0.480 e. The molecule has 0 aliphatic heterocycles. The first kappa shape index (κ1) is 37.3. The molecule has 0 aromatic rings. The molecule has 0 aromatic carbocycles. The number of rotatable bonds is 28. The van der Waals surface area contributed by atoms with Crippen molar-refractivity contribution in [2.24, 2.45) is 0 Å². The quantitative estimate of drug-likeness (QED) is 0.0950. The molecule has 0 radical (unpaired) electrons. The number of carbonyl (C=O) groups is 3. The van der Waals surface area contributed by atoms with E-state index in [9.17, 15) is 27.9 Å². The molecule has 0 fully saturated rings. The van der Waals surface area contributed by atoms with E-state index >= 15 is 0 Å². The Morgan fingerprint density at radius 1 is 0.667 bits per heavy atom. The molecule has 0 unspecified atom stereocenters. The van der Waals surface area contributed by atoms with Gasteiger partial charge in [-0.05, 0) is 19.3 Å². The molecule has 9 nitrogen and oxygen atoms in total. The number of unbranched alkanes of at least 4 members (excludes halogenated alkanes) is 17. The van der Waals surface area contributed by atoms with Crippen LogP contribution in [-0.4, -0.2) is 44.0 Å². The highest BCUT2D eigenvalue weighted by Crippen LogP contribution is 2.13. The van der Waals surface area contributed by atoms with Gasteiger partial charge in [-0.25, -0.2) is 8.98 Å². The van der Waals surface area contributed by atoms with Crippen LogP contribution in [0.5, 0.6) is 0 Å². The van der Waals surface area contributed by atoms with E-state index in [2.05, 4.69) is 23.3 Å². The SMILES string of the molecule is CCCCCCCCCCCCOS(=O)(=O)OC(=O)CC[C@H](NC(=O)CCCCCCCCCCC)C(=O)O. The monoisotopic (exact) mass is 577 g/mol. The van der Waals surface area contributed by atoms with E-state index in [1.807, 2.05) is 0 Å². The van der Waals surface area contributed by atoms with Crippen LogP contribution in [0.2, 0.25) is 0 Å². The van der Waals surface area contributed by atoms with Crippen molar-refractivity contribution in [3.8, 4) is 0 Å². The summed E-state index contributed by atoms with van der Waals surface area (Å²) in [6.45, 7) is 4.31. The number of carboxylic acids is 1. The Morgan fingerprint density at radius 3 is 1.56 bits per heavy atom. The molecule has 10 heteroatoms. The van der Waals surface area contributed by atoms with E-state index in [0.29, 0.717) is 12.8 Å². The van der Waals surface area contributed by atoms with Crippen molar-refractivity contribution in [1.29, 1.82) is 0 Å². The number of carboxylic acid groups (broad SMARTS) is 1. The average molecular weight is 578 g/mol. The number of carbonyl (C=O) groups excluding carboxylic acids is 2. The number of amides is 1. The lowest BCUT2D eigenvalue weighted by molar-refractivity contribution is -0.142. The third-order valence-corrected chi connectivity index (χ3v) is 7.54. The lowest BCUT2D eigenvalue weighted by atomic mass is 10.1. The molecule has 0 spiro atoms. The van der Waals surface area contributed by atoms with Gasteiger partial charge < -0.3 is 14.6 Å². The first-order chi connectivity index (χ1) is 18.7. The van der Waals surface area contributed by atoms with Gasteiger partial charge in [-0.15, -0.1) is 0 Å². The average Bonchev–Trinajstić information content (AvgIpc) is 2.88. The third-order valence-electron chi connectivity index (χ3n) is 6.70. The van der Waals surface area contributed by atoms with Crippen LogP contribution in [0.15, 0.2) is 0 Å². The fourth-order valence-corrected chi connectivity index (χ4v) is 4.99. The Labute approximate surface area is 237 Å². The molecule has 230 valence electrons. The summed E-state index contributed by atoms with van der Waals surface area (Å²) in [5.41, 5.74) is 0. The summed E-state index contributed by atoms with van der Waals surface area (Å²) in [7, 11) is -4.49. The minimum Gasteiger partial charge on any atom is -0.480 e. The van der Waals surface area contributed by atoms with Crippen molar-refractivity contribution in [3.05, 3.63) is 0 Å². The van der Waals surface area contributed by atoms with Crippen molar-refractivity contribution in [3.63, 3.8) is 0 Å². The van der Waals surface area contributed by atoms with Crippen molar-refractivity contribution >= 4 is 28.2 Å². The summed E-state index contributed by atoms with van der Waals surface area (Å²) in [6.07, 6.45) is 20.4. The van der Waals surface area contributed by atoms with Gasteiger partial charge in [-0.1, -0.05) is 123 Å². The summed E-state index contributed by atoms with van der Waals surface area (Å²) in [5, 5.41) is 11.8. The predicted molar refractivity (Wildman–Crippen MR) is 153 cm³/mol. The van der Waals surface area contributed by atoms with Gasteiger partial charge in [0.05, 0.1) is 6.61 Å². The third kappa shape index (κ3) is 25.1. The summed E-state index contributed by atoms with van der Waals surface area (Å²) >= 11 is 0. The molecular weight excluding hydrogens is 522 g/mol. The molecule has 1 atom stereocenters. The van der Waals surface area contributed by atoms with E-state index in [-0.39, 0.29) is 19.4 Å². The first-order valence-electron chi connectivity index (χ1n) is 15.4. The van der Waals surface area contributed by atoms with Gasteiger partial charge in [-0.2, -0.15) is 8.42 Å². The smallest absolute Gasteiger partial charge is 0.451 e. The Hall–Kier alpha value is -1.68. The van der Waals surface area contributed by atoms with Crippen LogP contribution in [0.1, 0.15) is 155 Å². The molecule has 0 heterocycles. The fraction of sp³-hybridized carbons (Fsp3) is 0.897. The van der Waals surface area contributed by atoms with Crippen LogP contribution in [0, 0.1) is 0 Å². The van der Waals surface area contributed by atoms with Gasteiger partial charge in [0.25, 0.3) is 0 Å². The number of hydrogen-bond acceptors (Lipinski definition) is 7. The second-order valence-corrected chi connectivity index (χ2v) is 11.7. The molecule has 0 aliphatic carbocycles. The molecule has 2 N–H and O–H groups in total. The summed E-state index contributed by atoms with van der Waals surface area (Å²) in [6, 6.07) is -1.29. The molecule has 0 bridgehead atoms. The normalized spacial score (nSPS) is 12.3. The number of hydrogen-bond donors (Lipinski definition) is 2. The van der Waals surface area contributed by atoms with E-state index in [1.54, 1.807) is 0 Å².